The number of aliphatic carboxylic acids is 1. The highest BCUT2D eigenvalue weighted by Crippen LogP contribution is 2.22. The molecule has 1 N–H and O–H groups in total. The molecule has 2 aromatic rings. The van der Waals surface area contributed by atoms with Crippen LogP contribution < -0.4 is 0 Å². The molecule has 0 radical (unpaired) electrons. The molecule has 0 aliphatic heterocycles. The molecule has 0 aliphatic rings. The Kier molecular flexibility index (Phi) is 5.17. The zero-order valence-corrected chi connectivity index (χ0v) is 12.0. The molecule has 1 aromatic carbocycles. The van der Waals surface area contributed by atoms with Crippen molar-refractivity contribution in [3.05, 3.63) is 41.5 Å². The maximum absolute atomic E-state index is 10.6. The van der Waals surface area contributed by atoms with Crippen LogP contribution in [0.3, 0.4) is 0 Å². The monoisotopic (exact) mass is 292 g/mol. The lowest BCUT2D eigenvalue weighted by molar-refractivity contribution is -0.136. The number of rotatable bonds is 7. The van der Waals surface area contributed by atoms with Crippen LogP contribution in [0.5, 0.6) is 0 Å². The second-order valence-electron chi connectivity index (χ2n) is 4.36. The van der Waals surface area contributed by atoms with Crippen LogP contribution in [0.1, 0.15) is 30.6 Å². The van der Waals surface area contributed by atoms with Gasteiger partial charge in [0, 0.05) is 11.3 Å². The third-order valence-corrected chi connectivity index (χ3v) is 3.62. The van der Waals surface area contributed by atoms with E-state index in [1.54, 1.807) is 11.8 Å². The number of nitrogens with zero attached hydrogens (tertiary/aromatic N) is 2. The minimum Gasteiger partial charge on any atom is -0.481 e. The molecule has 0 saturated heterocycles. The van der Waals surface area contributed by atoms with E-state index in [1.807, 2.05) is 24.3 Å². The predicted molar refractivity (Wildman–Crippen MR) is 75.6 cm³/mol. The van der Waals surface area contributed by atoms with Gasteiger partial charge in [-0.1, -0.05) is 24.2 Å². The molecular formula is C14H16N2O3S. The van der Waals surface area contributed by atoms with E-state index in [-0.39, 0.29) is 6.42 Å². The number of carboxylic acid groups (broad SMARTS) is 1. The van der Waals surface area contributed by atoms with Gasteiger partial charge in [0.05, 0.1) is 12.2 Å². The van der Waals surface area contributed by atoms with Gasteiger partial charge in [-0.3, -0.25) is 4.79 Å². The largest absolute Gasteiger partial charge is 0.481 e. The molecule has 1 heterocycles. The summed E-state index contributed by atoms with van der Waals surface area (Å²) in [5.74, 6) is 1.17. The lowest BCUT2D eigenvalue weighted by Gasteiger charge is -2.00. The van der Waals surface area contributed by atoms with Crippen molar-refractivity contribution in [1.29, 1.82) is 0 Å². The summed E-state index contributed by atoms with van der Waals surface area (Å²) in [7, 11) is 0. The molecule has 20 heavy (non-hydrogen) atoms. The number of benzene rings is 1. The molecule has 106 valence electrons. The third kappa shape index (κ3) is 4.38. The van der Waals surface area contributed by atoms with E-state index in [2.05, 4.69) is 17.1 Å². The van der Waals surface area contributed by atoms with Gasteiger partial charge < -0.3 is 9.63 Å². The second kappa shape index (κ2) is 7.09. The molecule has 0 fully saturated rings. The summed E-state index contributed by atoms with van der Waals surface area (Å²) in [6.07, 6.45) is 1.88. The van der Waals surface area contributed by atoms with Gasteiger partial charge in [0.25, 0.3) is 0 Å². The van der Waals surface area contributed by atoms with E-state index >= 15 is 0 Å². The van der Waals surface area contributed by atoms with Gasteiger partial charge in [-0.15, -0.1) is 11.8 Å². The summed E-state index contributed by atoms with van der Waals surface area (Å²) in [6, 6.07) is 7.47. The smallest absolute Gasteiger partial charge is 0.307 e. The van der Waals surface area contributed by atoms with Crippen LogP contribution in [0.2, 0.25) is 0 Å². The van der Waals surface area contributed by atoms with Crippen LogP contribution in [0, 0.1) is 0 Å². The first kappa shape index (κ1) is 14.6. The Morgan fingerprint density at radius 3 is 2.75 bits per heavy atom. The Bertz CT molecular complexity index is 566. The minimum absolute atomic E-state index is 0.0506. The second-order valence-corrected chi connectivity index (χ2v) is 5.41. The van der Waals surface area contributed by atoms with E-state index in [0.717, 1.165) is 29.1 Å². The number of aromatic nitrogens is 2. The number of hydrogen-bond acceptors (Lipinski definition) is 5. The highest BCUT2D eigenvalue weighted by atomic mass is 32.2. The molecule has 5 nitrogen and oxygen atoms in total. The van der Waals surface area contributed by atoms with Crippen LogP contribution in [-0.2, 0) is 23.4 Å². The van der Waals surface area contributed by atoms with Crippen molar-refractivity contribution >= 4 is 17.7 Å². The predicted octanol–water partition coefficient (Wildman–Crippen LogP) is 2.94. The number of carbonyl (C=O) groups is 1. The summed E-state index contributed by atoms with van der Waals surface area (Å²) in [4.78, 5) is 15.9. The maximum atomic E-state index is 10.6. The first-order chi connectivity index (χ1) is 9.67. The highest BCUT2D eigenvalue weighted by Gasteiger charge is 2.06. The molecule has 2 rings (SSSR count). The molecular weight excluding hydrogens is 276 g/mol. The van der Waals surface area contributed by atoms with E-state index in [9.17, 15) is 4.79 Å². The average molecular weight is 292 g/mol. The summed E-state index contributed by atoms with van der Waals surface area (Å²) >= 11 is 1.59. The maximum Gasteiger partial charge on any atom is 0.307 e. The van der Waals surface area contributed by atoms with Crippen LogP contribution in [0.15, 0.2) is 33.7 Å². The molecule has 0 aliphatic carbocycles. The van der Waals surface area contributed by atoms with Gasteiger partial charge in [-0.25, -0.2) is 0 Å². The molecule has 0 amide bonds. The topological polar surface area (TPSA) is 76.2 Å². The number of carboxylic acids is 1. The zero-order valence-electron chi connectivity index (χ0n) is 11.2. The Hall–Kier alpha value is -1.82. The molecule has 0 spiro atoms. The van der Waals surface area contributed by atoms with Gasteiger partial charge in [0.1, 0.15) is 0 Å². The third-order valence-electron chi connectivity index (χ3n) is 2.62. The first-order valence-corrected chi connectivity index (χ1v) is 7.41. The standard InChI is InChI=1S/C14H16N2O3S/c1-2-3-12-15-13(19-16-12)9-20-11-6-4-10(5-7-11)8-14(17)18/h4-7H,2-3,8-9H2,1H3,(H,17,18). The Morgan fingerprint density at radius 2 is 2.10 bits per heavy atom. The van der Waals surface area contributed by atoms with Gasteiger partial charge in [-0.2, -0.15) is 4.98 Å². The fourth-order valence-corrected chi connectivity index (χ4v) is 2.43. The molecule has 0 atom stereocenters. The van der Waals surface area contributed by atoms with E-state index < -0.39 is 5.97 Å². The van der Waals surface area contributed by atoms with Gasteiger partial charge in [-0.05, 0) is 24.1 Å². The Balaban J connectivity index is 1.88. The van der Waals surface area contributed by atoms with E-state index in [1.165, 1.54) is 0 Å². The summed E-state index contributed by atoms with van der Waals surface area (Å²) in [5.41, 5.74) is 0.796. The Labute approximate surface area is 121 Å². The van der Waals surface area contributed by atoms with Crippen molar-refractivity contribution < 1.29 is 14.4 Å². The SMILES string of the molecule is CCCc1noc(CSc2ccc(CC(=O)O)cc2)n1. The normalized spacial score (nSPS) is 10.7. The van der Waals surface area contributed by atoms with Gasteiger partial charge in [0.15, 0.2) is 5.82 Å². The van der Waals surface area contributed by atoms with Crippen LogP contribution >= 0.6 is 11.8 Å². The van der Waals surface area contributed by atoms with Crippen molar-refractivity contribution in [1.82, 2.24) is 10.1 Å². The zero-order chi connectivity index (χ0) is 14.4. The molecule has 0 saturated carbocycles. The van der Waals surface area contributed by atoms with Crippen LogP contribution in [0.4, 0.5) is 0 Å². The fraction of sp³-hybridized carbons (Fsp3) is 0.357. The highest BCUT2D eigenvalue weighted by molar-refractivity contribution is 7.98. The molecule has 6 heteroatoms. The van der Waals surface area contributed by atoms with Crippen molar-refractivity contribution in [2.75, 3.05) is 0 Å². The van der Waals surface area contributed by atoms with Gasteiger partial charge >= 0.3 is 5.97 Å². The summed E-state index contributed by atoms with van der Waals surface area (Å²) < 4.78 is 5.16. The number of aryl methyl sites for hydroxylation is 1. The van der Waals surface area contributed by atoms with E-state index in [4.69, 9.17) is 9.63 Å². The molecule has 0 bridgehead atoms. The van der Waals surface area contributed by atoms with Gasteiger partial charge in [0.2, 0.25) is 5.89 Å². The number of hydrogen-bond donors (Lipinski definition) is 1. The van der Waals surface area contributed by atoms with Crippen LogP contribution in [0.25, 0.3) is 0 Å². The van der Waals surface area contributed by atoms with E-state index in [0.29, 0.717) is 11.6 Å². The van der Waals surface area contributed by atoms with Crippen molar-refractivity contribution in [3.8, 4) is 0 Å². The summed E-state index contributed by atoms with van der Waals surface area (Å²) in [6.45, 7) is 2.07. The lowest BCUT2D eigenvalue weighted by atomic mass is 10.2. The van der Waals surface area contributed by atoms with Crippen molar-refractivity contribution in [2.45, 2.75) is 36.8 Å². The minimum atomic E-state index is -0.820. The molecule has 0 unspecified atom stereocenters. The average Bonchev–Trinajstić information content (AvgIpc) is 2.86. The van der Waals surface area contributed by atoms with Crippen LogP contribution in [-0.4, -0.2) is 21.2 Å². The number of thioether (sulfide) groups is 1. The quantitative estimate of drug-likeness (QED) is 0.791. The lowest BCUT2D eigenvalue weighted by Crippen LogP contribution is -1.99. The fourth-order valence-electron chi connectivity index (χ4n) is 1.70. The summed E-state index contributed by atoms with van der Waals surface area (Å²) in [5, 5.41) is 12.6. The first-order valence-electron chi connectivity index (χ1n) is 6.42. The van der Waals surface area contributed by atoms with Crippen molar-refractivity contribution in [3.63, 3.8) is 0 Å². The Morgan fingerprint density at radius 1 is 1.35 bits per heavy atom. The molecule has 1 aromatic heterocycles. The van der Waals surface area contributed by atoms with Crippen molar-refractivity contribution in [2.24, 2.45) is 0 Å².